The Morgan fingerprint density at radius 3 is 2.40 bits per heavy atom. The van der Waals surface area contributed by atoms with Crippen LogP contribution in [-0.2, 0) is 23.4 Å². The van der Waals surface area contributed by atoms with Gasteiger partial charge in [0.2, 0.25) is 0 Å². The Morgan fingerprint density at radius 1 is 1.07 bits per heavy atom. The molecule has 2 bridgehead atoms. The molecule has 9 heteroatoms. The summed E-state index contributed by atoms with van der Waals surface area (Å²) in [7, 11) is 0. The molecule has 0 radical (unpaired) electrons. The summed E-state index contributed by atoms with van der Waals surface area (Å²) < 4.78 is 9.39. The van der Waals surface area contributed by atoms with Crippen LogP contribution < -0.4 is 11.2 Å². The van der Waals surface area contributed by atoms with E-state index in [1.54, 1.807) is 26.0 Å². The van der Waals surface area contributed by atoms with Crippen LogP contribution in [0.4, 0.5) is 4.79 Å². The van der Waals surface area contributed by atoms with Gasteiger partial charge in [-0.3, -0.25) is 13.9 Å². The van der Waals surface area contributed by atoms with Gasteiger partial charge in [0.1, 0.15) is 11.4 Å². The van der Waals surface area contributed by atoms with E-state index in [-0.39, 0.29) is 29.3 Å². The lowest BCUT2D eigenvalue weighted by atomic mass is 9.94. The van der Waals surface area contributed by atoms with E-state index in [4.69, 9.17) is 4.74 Å². The van der Waals surface area contributed by atoms with Crippen molar-refractivity contribution in [3.63, 3.8) is 0 Å². The number of phenols is 1. The Labute approximate surface area is 172 Å². The molecule has 0 saturated heterocycles. The fourth-order valence-electron chi connectivity index (χ4n) is 3.93. The van der Waals surface area contributed by atoms with Crippen molar-refractivity contribution in [1.82, 2.24) is 18.7 Å². The second-order valence-electron chi connectivity index (χ2n) is 7.94. The largest absolute Gasteiger partial charge is 0.508 e. The molecule has 3 heterocycles. The number of ether oxygens (including phenoxy) is 1. The number of imidazole rings is 1. The zero-order valence-corrected chi connectivity index (χ0v) is 17.4. The molecule has 158 valence electrons. The minimum atomic E-state index is -1.13. The van der Waals surface area contributed by atoms with Crippen LogP contribution in [0.5, 0.6) is 5.75 Å². The average molecular weight is 412 g/mol. The fourth-order valence-corrected chi connectivity index (χ4v) is 3.93. The van der Waals surface area contributed by atoms with E-state index >= 15 is 0 Å². The summed E-state index contributed by atoms with van der Waals surface area (Å²) in [5.41, 5.74) is -1.00. The molecule has 0 aliphatic carbocycles. The number of hydrogen-bond donors (Lipinski definition) is 1. The first-order chi connectivity index (χ1) is 14.2. The van der Waals surface area contributed by atoms with Crippen LogP contribution in [0, 0.1) is 0 Å². The van der Waals surface area contributed by atoms with Crippen molar-refractivity contribution in [2.45, 2.75) is 59.2 Å². The highest BCUT2D eigenvalue weighted by molar-refractivity contribution is 5.91. The summed E-state index contributed by atoms with van der Waals surface area (Å²) >= 11 is 0. The first-order valence-electron chi connectivity index (χ1n) is 10.0. The zero-order chi connectivity index (χ0) is 21.8. The molecule has 0 spiro atoms. The van der Waals surface area contributed by atoms with Gasteiger partial charge in [-0.25, -0.2) is 19.1 Å². The summed E-state index contributed by atoms with van der Waals surface area (Å²) in [4.78, 5) is 43.9. The van der Waals surface area contributed by atoms with Crippen LogP contribution in [0.3, 0.4) is 0 Å². The molecule has 1 N–H and O–H groups in total. The topological polar surface area (TPSA) is 108 Å². The summed E-state index contributed by atoms with van der Waals surface area (Å²) in [6.07, 6.45) is 0.458. The summed E-state index contributed by atoms with van der Waals surface area (Å²) in [6, 6.07) is 4.81. The van der Waals surface area contributed by atoms with E-state index in [0.29, 0.717) is 30.5 Å². The molecule has 1 aromatic carbocycles. The van der Waals surface area contributed by atoms with E-state index in [1.165, 1.54) is 10.6 Å². The second kappa shape index (κ2) is 6.86. The molecule has 30 heavy (non-hydrogen) atoms. The van der Waals surface area contributed by atoms with E-state index in [0.717, 1.165) is 9.13 Å². The Hall–Kier alpha value is -3.36. The van der Waals surface area contributed by atoms with Gasteiger partial charge in [-0.05, 0) is 44.9 Å². The van der Waals surface area contributed by atoms with Crippen molar-refractivity contribution < 1.29 is 14.6 Å². The molecule has 1 aliphatic heterocycles. The van der Waals surface area contributed by atoms with Crippen molar-refractivity contribution in [2.75, 3.05) is 0 Å². The van der Waals surface area contributed by atoms with Crippen LogP contribution >= 0.6 is 0 Å². The van der Waals surface area contributed by atoms with Crippen LogP contribution in [0.1, 0.15) is 46.1 Å². The average Bonchev–Trinajstić information content (AvgIpc) is 3.08. The van der Waals surface area contributed by atoms with Gasteiger partial charge in [0, 0.05) is 24.2 Å². The van der Waals surface area contributed by atoms with Gasteiger partial charge >= 0.3 is 11.8 Å². The van der Waals surface area contributed by atoms with Crippen molar-refractivity contribution in [3.8, 4) is 17.1 Å². The maximum Gasteiger partial charge on any atom is 0.421 e. The van der Waals surface area contributed by atoms with Crippen LogP contribution in [0.2, 0.25) is 0 Å². The molecule has 1 aliphatic rings. The Morgan fingerprint density at radius 2 is 1.73 bits per heavy atom. The first kappa shape index (κ1) is 19.9. The number of nitrogens with zero attached hydrogens (tertiary/aromatic N) is 4. The summed E-state index contributed by atoms with van der Waals surface area (Å²) in [6.45, 7) is 7.71. The molecule has 2 aromatic heterocycles. The number of phenolic OH excluding ortho intramolecular Hbond substituents is 1. The molecule has 3 aromatic rings. The molecular formula is C21H24N4O5. The fraction of sp³-hybridized carbons (Fsp3) is 0.429. The van der Waals surface area contributed by atoms with Crippen LogP contribution in [-0.4, -0.2) is 29.9 Å². The van der Waals surface area contributed by atoms with E-state index in [9.17, 15) is 19.5 Å². The normalized spacial score (nSPS) is 14.9. The third kappa shape index (κ3) is 2.76. The lowest BCUT2D eigenvalue weighted by Crippen LogP contribution is -2.41. The number of hydrogen-bond acceptors (Lipinski definition) is 6. The highest BCUT2D eigenvalue weighted by atomic mass is 16.6. The minimum absolute atomic E-state index is 0.00527. The molecular weight excluding hydrogens is 388 g/mol. The molecule has 4 rings (SSSR count). The number of aromatic nitrogens is 4. The standard InChI is InChI=1S/C21H24N4O5/c1-5-9-23-17-15(18(27)24(10-6-2)19(23)28)25-16(22-17)12-7-8-14(26)13(11-12)21(3,4)30-20(25)29/h7-8,11,26H,5-6,9-10H2,1-4H3. The Kier molecular flexibility index (Phi) is 4.56. The summed E-state index contributed by atoms with van der Waals surface area (Å²) in [5.74, 6) is 0.191. The third-order valence-electron chi connectivity index (χ3n) is 5.35. The highest BCUT2D eigenvalue weighted by Crippen LogP contribution is 2.38. The number of benzene rings is 1. The van der Waals surface area contributed by atoms with Gasteiger partial charge in [-0.2, -0.15) is 0 Å². The van der Waals surface area contributed by atoms with Crippen molar-refractivity contribution in [2.24, 2.45) is 0 Å². The predicted molar refractivity (Wildman–Crippen MR) is 111 cm³/mol. The monoisotopic (exact) mass is 412 g/mol. The van der Waals surface area contributed by atoms with Gasteiger partial charge < -0.3 is 9.84 Å². The van der Waals surface area contributed by atoms with E-state index in [2.05, 4.69) is 4.98 Å². The molecule has 0 saturated carbocycles. The number of aromatic hydroxyl groups is 1. The second-order valence-corrected chi connectivity index (χ2v) is 7.94. The number of carbonyl (C=O) groups is 1. The molecule has 0 fully saturated rings. The van der Waals surface area contributed by atoms with Gasteiger partial charge in [0.25, 0.3) is 5.56 Å². The first-order valence-corrected chi connectivity index (χ1v) is 10.0. The number of cyclic esters (lactones) is 1. The van der Waals surface area contributed by atoms with Gasteiger partial charge in [-0.15, -0.1) is 0 Å². The maximum absolute atomic E-state index is 13.3. The molecule has 0 amide bonds. The van der Waals surface area contributed by atoms with Crippen molar-refractivity contribution in [3.05, 3.63) is 44.6 Å². The molecule has 9 nitrogen and oxygen atoms in total. The quantitative estimate of drug-likeness (QED) is 0.706. The number of fused-ring (bicyclic) bond motifs is 6. The molecule has 0 atom stereocenters. The van der Waals surface area contributed by atoms with Gasteiger partial charge in [0.15, 0.2) is 17.0 Å². The van der Waals surface area contributed by atoms with Crippen molar-refractivity contribution in [1.29, 1.82) is 0 Å². The van der Waals surface area contributed by atoms with Crippen LogP contribution in [0.15, 0.2) is 27.8 Å². The maximum atomic E-state index is 13.3. The minimum Gasteiger partial charge on any atom is -0.508 e. The summed E-state index contributed by atoms with van der Waals surface area (Å²) in [5, 5.41) is 10.3. The SMILES string of the molecule is CCCn1c(=O)c2c(nc3n2C(=O)OC(C)(C)c2cc-3ccc2O)n(CCC)c1=O. The Balaban J connectivity index is 2.18. The Bertz CT molecular complexity index is 1300. The zero-order valence-electron chi connectivity index (χ0n) is 17.4. The number of carbonyl (C=O) groups excluding carboxylic acids is 1. The molecule has 0 unspecified atom stereocenters. The number of rotatable bonds is 4. The van der Waals surface area contributed by atoms with E-state index in [1.807, 2.05) is 13.8 Å². The predicted octanol–water partition coefficient (Wildman–Crippen LogP) is 2.79. The third-order valence-corrected chi connectivity index (χ3v) is 5.35. The van der Waals surface area contributed by atoms with Crippen LogP contribution in [0.25, 0.3) is 22.6 Å². The lowest BCUT2D eigenvalue weighted by Gasteiger charge is -2.29. The van der Waals surface area contributed by atoms with Gasteiger partial charge in [0.05, 0.1) is 0 Å². The number of aryl methyl sites for hydroxylation is 1. The highest BCUT2D eigenvalue weighted by Gasteiger charge is 2.35. The van der Waals surface area contributed by atoms with E-state index < -0.39 is 22.9 Å². The smallest absolute Gasteiger partial charge is 0.421 e. The lowest BCUT2D eigenvalue weighted by molar-refractivity contribution is 0.0360. The van der Waals surface area contributed by atoms with Crippen molar-refractivity contribution >= 4 is 17.3 Å². The van der Waals surface area contributed by atoms with Gasteiger partial charge in [-0.1, -0.05) is 13.8 Å².